The van der Waals surface area contributed by atoms with Crippen LogP contribution in [0, 0.1) is 5.92 Å². The summed E-state index contributed by atoms with van der Waals surface area (Å²) >= 11 is 0. The SMILES string of the molecule is C=CC[C@H](CCOC(=O)c1c(C(C)C)cc(C(C)C)cc1C(C)C)C(=C)C. The van der Waals surface area contributed by atoms with Gasteiger partial charge in [0.25, 0.3) is 0 Å². The van der Waals surface area contributed by atoms with Crippen molar-refractivity contribution in [3.63, 3.8) is 0 Å². The summed E-state index contributed by atoms with van der Waals surface area (Å²) in [7, 11) is 0. The molecule has 0 aliphatic rings. The highest BCUT2D eigenvalue weighted by Crippen LogP contribution is 2.32. The number of allylic oxidation sites excluding steroid dienone is 2. The number of carbonyl (C=O) groups is 1. The second kappa shape index (κ2) is 10.5. The molecule has 1 aromatic carbocycles. The molecule has 150 valence electrons. The van der Waals surface area contributed by atoms with E-state index in [9.17, 15) is 4.79 Å². The third kappa shape index (κ3) is 6.37. The number of benzene rings is 1. The Hall–Kier alpha value is -1.83. The summed E-state index contributed by atoms with van der Waals surface area (Å²) in [6, 6.07) is 4.37. The van der Waals surface area contributed by atoms with Gasteiger partial charge in [0.05, 0.1) is 12.2 Å². The van der Waals surface area contributed by atoms with Crippen LogP contribution in [0.4, 0.5) is 0 Å². The summed E-state index contributed by atoms with van der Waals surface area (Å²) in [5, 5.41) is 0. The highest BCUT2D eigenvalue weighted by Gasteiger charge is 2.23. The molecule has 1 rings (SSSR count). The fourth-order valence-electron chi connectivity index (χ4n) is 3.32. The van der Waals surface area contributed by atoms with Gasteiger partial charge in [-0.2, -0.15) is 0 Å². The molecule has 2 heteroatoms. The summed E-state index contributed by atoms with van der Waals surface area (Å²) in [5.41, 5.74) is 5.35. The first-order valence-electron chi connectivity index (χ1n) is 10.2. The van der Waals surface area contributed by atoms with Gasteiger partial charge >= 0.3 is 5.97 Å². The van der Waals surface area contributed by atoms with Crippen LogP contribution in [0.5, 0.6) is 0 Å². The van der Waals surface area contributed by atoms with Gasteiger partial charge < -0.3 is 4.74 Å². The molecule has 0 radical (unpaired) electrons. The van der Waals surface area contributed by atoms with Crippen molar-refractivity contribution in [1.29, 1.82) is 0 Å². The third-order valence-electron chi connectivity index (χ3n) is 5.18. The van der Waals surface area contributed by atoms with Crippen LogP contribution in [0.1, 0.15) is 106 Å². The monoisotopic (exact) mass is 370 g/mol. The Labute approximate surface area is 166 Å². The second-order valence-corrected chi connectivity index (χ2v) is 8.53. The van der Waals surface area contributed by atoms with Crippen LogP contribution in [0.3, 0.4) is 0 Å². The zero-order valence-electron chi connectivity index (χ0n) is 18.4. The molecule has 0 heterocycles. The van der Waals surface area contributed by atoms with Crippen LogP contribution in [-0.2, 0) is 4.74 Å². The third-order valence-corrected chi connectivity index (χ3v) is 5.18. The topological polar surface area (TPSA) is 26.3 Å². The number of esters is 1. The van der Waals surface area contributed by atoms with E-state index in [1.807, 2.05) is 13.0 Å². The van der Waals surface area contributed by atoms with Gasteiger partial charge in [-0.3, -0.25) is 0 Å². The van der Waals surface area contributed by atoms with Gasteiger partial charge in [0.1, 0.15) is 0 Å². The second-order valence-electron chi connectivity index (χ2n) is 8.53. The minimum absolute atomic E-state index is 0.197. The average Bonchev–Trinajstić information content (AvgIpc) is 2.59. The molecular weight excluding hydrogens is 332 g/mol. The van der Waals surface area contributed by atoms with Gasteiger partial charge in [-0.25, -0.2) is 4.79 Å². The summed E-state index contributed by atoms with van der Waals surface area (Å²) in [4.78, 5) is 13.0. The Morgan fingerprint density at radius 2 is 1.56 bits per heavy atom. The van der Waals surface area contributed by atoms with Gasteiger partial charge in [0.15, 0.2) is 0 Å². The molecule has 0 amide bonds. The van der Waals surface area contributed by atoms with Crippen LogP contribution in [0.25, 0.3) is 0 Å². The van der Waals surface area contributed by atoms with E-state index in [1.165, 1.54) is 5.56 Å². The molecule has 0 aliphatic carbocycles. The lowest BCUT2D eigenvalue weighted by molar-refractivity contribution is 0.0484. The molecule has 0 aliphatic heterocycles. The summed E-state index contributed by atoms with van der Waals surface area (Å²) in [5.74, 6) is 1.09. The van der Waals surface area contributed by atoms with Crippen molar-refractivity contribution < 1.29 is 9.53 Å². The smallest absolute Gasteiger partial charge is 0.338 e. The number of carbonyl (C=O) groups excluding carboxylic acids is 1. The maximum atomic E-state index is 13.0. The van der Waals surface area contributed by atoms with E-state index < -0.39 is 0 Å². The summed E-state index contributed by atoms with van der Waals surface area (Å²) in [6.45, 7) is 23.2. The maximum Gasteiger partial charge on any atom is 0.338 e. The standard InChI is InChI=1S/C25H38O2/c1-10-11-20(16(2)3)12-13-27-25(26)24-22(18(6)7)14-21(17(4)5)15-23(24)19(8)9/h10,14-15,17-20H,1-2,11-13H2,3-9H3/t20-/m1/s1. The average molecular weight is 371 g/mol. The van der Waals surface area contributed by atoms with E-state index in [-0.39, 0.29) is 17.8 Å². The summed E-state index contributed by atoms with van der Waals surface area (Å²) in [6.07, 6.45) is 3.55. The lowest BCUT2D eigenvalue weighted by Crippen LogP contribution is -2.16. The molecule has 0 unspecified atom stereocenters. The molecule has 27 heavy (non-hydrogen) atoms. The van der Waals surface area contributed by atoms with E-state index in [0.717, 1.165) is 35.1 Å². The molecule has 0 saturated heterocycles. The molecule has 0 fully saturated rings. The van der Waals surface area contributed by atoms with Gasteiger partial charge in [-0.15, -0.1) is 6.58 Å². The van der Waals surface area contributed by atoms with E-state index in [4.69, 9.17) is 4.74 Å². The van der Waals surface area contributed by atoms with E-state index in [0.29, 0.717) is 18.4 Å². The molecule has 0 saturated carbocycles. The normalized spacial score (nSPS) is 12.5. The zero-order valence-corrected chi connectivity index (χ0v) is 18.4. The Morgan fingerprint density at radius 1 is 1.04 bits per heavy atom. The first kappa shape index (κ1) is 23.2. The molecule has 2 nitrogen and oxygen atoms in total. The summed E-state index contributed by atoms with van der Waals surface area (Å²) < 4.78 is 5.72. The molecule has 0 N–H and O–H groups in total. The number of ether oxygens (including phenoxy) is 1. The molecule has 1 atom stereocenters. The first-order chi connectivity index (χ1) is 12.6. The van der Waals surface area contributed by atoms with Crippen molar-refractivity contribution >= 4 is 5.97 Å². The largest absolute Gasteiger partial charge is 0.462 e. The van der Waals surface area contributed by atoms with Crippen molar-refractivity contribution in [2.45, 2.75) is 79.1 Å². The fourth-order valence-corrected chi connectivity index (χ4v) is 3.32. The predicted molar refractivity (Wildman–Crippen MR) is 117 cm³/mol. The van der Waals surface area contributed by atoms with Crippen LogP contribution >= 0.6 is 0 Å². The molecule has 0 bridgehead atoms. The molecular formula is C25H38O2. The van der Waals surface area contributed by atoms with Gasteiger partial charge in [0, 0.05) is 0 Å². The van der Waals surface area contributed by atoms with Crippen molar-refractivity contribution in [1.82, 2.24) is 0 Å². The van der Waals surface area contributed by atoms with Crippen molar-refractivity contribution in [3.8, 4) is 0 Å². The number of hydrogen-bond donors (Lipinski definition) is 0. The van der Waals surface area contributed by atoms with E-state index in [2.05, 4.69) is 66.8 Å². The van der Waals surface area contributed by atoms with Crippen molar-refractivity contribution in [2.75, 3.05) is 6.61 Å². The quantitative estimate of drug-likeness (QED) is 0.317. The van der Waals surface area contributed by atoms with Gasteiger partial charge in [-0.1, -0.05) is 71.9 Å². The van der Waals surface area contributed by atoms with Gasteiger partial charge in [0.2, 0.25) is 0 Å². The fraction of sp³-hybridized carbons (Fsp3) is 0.560. The Balaban J connectivity index is 3.13. The number of rotatable bonds is 10. The van der Waals surface area contributed by atoms with Crippen molar-refractivity contribution in [2.24, 2.45) is 5.92 Å². The highest BCUT2D eigenvalue weighted by molar-refractivity contribution is 5.93. The first-order valence-corrected chi connectivity index (χ1v) is 10.2. The minimum Gasteiger partial charge on any atom is -0.462 e. The Kier molecular flexibility index (Phi) is 9.02. The zero-order chi connectivity index (χ0) is 20.7. The highest BCUT2D eigenvalue weighted by atomic mass is 16.5. The number of hydrogen-bond acceptors (Lipinski definition) is 2. The van der Waals surface area contributed by atoms with E-state index in [1.54, 1.807) is 0 Å². The van der Waals surface area contributed by atoms with Crippen molar-refractivity contribution in [3.05, 3.63) is 59.2 Å². The lowest BCUT2D eigenvalue weighted by atomic mass is 9.84. The Morgan fingerprint density at radius 3 is 1.93 bits per heavy atom. The Bertz CT molecular complexity index is 636. The molecule has 0 spiro atoms. The van der Waals surface area contributed by atoms with E-state index >= 15 is 0 Å². The van der Waals surface area contributed by atoms with Crippen LogP contribution < -0.4 is 0 Å². The lowest BCUT2D eigenvalue weighted by Gasteiger charge is -2.22. The van der Waals surface area contributed by atoms with Crippen LogP contribution in [0.2, 0.25) is 0 Å². The predicted octanol–water partition coefficient (Wildman–Crippen LogP) is 7.37. The maximum absolute atomic E-state index is 13.0. The van der Waals surface area contributed by atoms with Gasteiger partial charge in [-0.05, 0) is 60.1 Å². The van der Waals surface area contributed by atoms with Crippen LogP contribution in [-0.4, -0.2) is 12.6 Å². The van der Waals surface area contributed by atoms with Crippen LogP contribution in [0.15, 0.2) is 36.9 Å². The molecule has 0 aromatic heterocycles. The molecule has 1 aromatic rings. The minimum atomic E-state index is -0.197.